The number of carbonyl (C=O) groups is 1. The molecule has 0 saturated carbocycles. The minimum atomic E-state index is 0.00801. The molecule has 0 spiro atoms. The van der Waals surface area contributed by atoms with Crippen LogP contribution in [-0.2, 0) is 6.42 Å². The maximum absolute atomic E-state index is 12.4. The van der Waals surface area contributed by atoms with Crippen molar-refractivity contribution in [1.82, 2.24) is 0 Å². The van der Waals surface area contributed by atoms with Gasteiger partial charge in [0.2, 0.25) is 0 Å². The Balaban J connectivity index is 2.30. The Morgan fingerprint density at radius 2 is 1.95 bits per heavy atom. The molecule has 0 fully saturated rings. The maximum atomic E-state index is 12.4. The smallest absolute Gasteiger partial charge is 0.171 e. The zero-order chi connectivity index (χ0) is 13.8. The number of hydrogen-bond donors (Lipinski definition) is 0. The van der Waals surface area contributed by atoms with E-state index in [1.165, 1.54) is 0 Å². The molecule has 19 heavy (non-hydrogen) atoms. The molecule has 0 aliphatic carbocycles. The summed E-state index contributed by atoms with van der Waals surface area (Å²) >= 11 is 5.94. The van der Waals surface area contributed by atoms with Crippen LogP contribution >= 0.6 is 11.6 Å². The molecule has 0 aromatic heterocycles. The molecule has 2 nitrogen and oxygen atoms in total. The van der Waals surface area contributed by atoms with E-state index in [2.05, 4.69) is 0 Å². The van der Waals surface area contributed by atoms with Gasteiger partial charge in [-0.25, -0.2) is 0 Å². The molecule has 0 unspecified atom stereocenters. The quantitative estimate of drug-likeness (QED) is 0.785. The molecule has 0 aliphatic rings. The molecule has 0 radical (unpaired) electrons. The Morgan fingerprint density at radius 1 is 1.21 bits per heavy atom. The highest BCUT2D eigenvalue weighted by atomic mass is 35.5. The Hall–Kier alpha value is -1.80. The van der Waals surface area contributed by atoms with E-state index in [0.717, 1.165) is 11.1 Å². The van der Waals surface area contributed by atoms with Gasteiger partial charge < -0.3 is 4.74 Å². The second-order valence-electron chi connectivity index (χ2n) is 4.37. The number of ketones is 1. The van der Waals surface area contributed by atoms with Gasteiger partial charge in [-0.3, -0.25) is 4.79 Å². The summed E-state index contributed by atoms with van der Waals surface area (Å²) in [5.41, 5.74) is 2.66. The second-order valence-corrected chi connectivity index (χ2v) is 4.81. The van der Waals surface area contributed by atoms with Crippen molar-refractivity contribution in [2.45, 2.75) is 13.3 Å². The number of ether oxygens (including phenoxy) is 1. The zero-order valence-electron chi connectivity index (χ0n) is 10.9. The summed E-state index contributed by atoms with van der Waals surface area (Å²) in [7, 11) is 1.55. The molecular formula is C16H15ClO2. The predicted octanol–water partition coefficient (Wildman–Crippen LogP) is 4.08. The Kier molecular flexibility index (Phi) is 4.23. The summed E-state index contributed by atoms with van der Waals surface area (Å²) < 4.78 is 5.21. The molecule has 0 N–H and O–H groups in total. The van der Waals surface area contributed by atoms with Gasteiger partial charge in [-0.05, 0) is 36.2 Å². The van der Waals surface area contributed by atoms with Crippen molar-refractivity contribution in [1.29, 1.82) is 0 Å². The van der Waals surface area contributed by atoms with Crippen molar-refractivity contribution in [3.05, 3.63) is 64.2 Å². The number of halogens is 1. The predicted molar refractivity (Wildman–Crippen MR) is 77.2 cm³/mol. The summed E-state index contributed by atoms with van der Waals surface area (Å²) in [6.45, 7) is 2.00. The minimum absolute atomic E-state index is 0.00801. The topological polar surface area (TPSA) is 26.3 Å². The first-order chi connectivity index (χ1) is 9.11. The summed E-state index contributed by atoms with van der Waals surface area (Å²) in [4.78, 5) is 12.4. The van der Waals surface area contributed by atoms with E-state index in [1.54, 1.807) is 25.3 Å². The number of rotatable bonds is 4. The van der Waals surface area contributed by atoms with E-state index in [1.807, 2.05) is 31.2 Å². The summed E-state index contributed by atoms with van der Waals surface area (Å²) in [5, 5.41) is 0.536. The first-order valence-corrected chi connectivity index (χ1v) is 6.41. The van der Waals surface area contributed by atoms with Crippen LogP contribution in [-0.4, -0.2) is 12.9 Å². The van der Waals surface area contributed by atoms with Crippen molar-refractivity contribution < 1.29 is 9.53 Å². The summed E-state index contributed by atoms with van der Waals surface area (Å²) in [6.07, 6.45) is 0.351. The van der Waals surface area contributed by atoms with Crippen molar-refractivity contribution in [2.75, 3.05) is 7.11 Å². The van der Waals surface area contributed by atoms with Gasteiger partial charge in [0.05, 0.1) is 12.7 Å². The normalized spacial score (nSPS) is 10.3. The number of Topliss-reactive ketones (excluding diaryl/α,β-unsaturated/α-hetero) is 1. The summed E-state index contributed by atoms with van der Waals surface area (Å²) in [6, 6.07) is 12.9. The largest absolute Gasteiger partial charge is 0.496 e. The lowest BCUT2D eigenvalue weighted by molar-refractivity contribution is 0.0990. The maximum Gasteiger partial charge on any atom is 0.171 e. The fourth-order valence-corrected chi connectivity index (χ4v) is 2.15. The van der Waals surface area contributed by atoms with Crippen LogP contribution in [0, 0.1) is 6.92 Å². The molecule has 2 rings (SSSR count). The number of benzene rings is 2. The highest BCUT2D eigenvalue weighted by molar-refractivity contribution is 6.31. The van der Waals surface area contributed by atoms with Gasteiger partial charge in [0, 0.05) is 11.4 Å². The SMILES string of the molecule is COc1ccc(Cl)cc1C(=O)Cc1ccccc1C. The Morgan fingerprint density at radius 3 is 2.63 bits per heavy atom. The Labute approximate surface area is 118 Å². The zero-order valence-corrected chi connectivity index (χ0v) is 11.7. The van der Waals surface area contributed by atoms with Crippen LogP contribution in [0.1, 0.15) is 21.5 Å². The molecular weight excluding hydrogens is 260 g/mol. The second kappa shape index (κ2) is 5.89. The Bertz CT molecular complexity index is 605. The third kappa shape index (κ3) is 3.15. The summed E-state index contributed by atoms with van der Waals surface area (Å²) in [5.74, 6) is 0.566. The molecule has 3 heteroatoms. The van der Waals surface area contributed by atoms with Crippen molar-refractivity contribution >= 4 is 17.4 Å². The van der Waals surface area contributed by atoms with Crippen LogP contribution < -0.4 is 4.74 Å². The third-order valence-electron chi connectivity index (χ3n) is 3.07. The molecule has 0 atom stereocenters. The highest BCUT2D eigenvalue weighted by Crippen LogP contribution is 2.24. The number of carbonyl (C=O) groups excluding carboxylic acids is 1. The van der Waals surface area contributed by atoms with Crippen LogP contribution in [0.3, 0.4) is 0 Å². The average Bonchev–Trinajstić information content (AvgIpc) is 2.41. The van der Waals surface area contributed by atoms with Gasteiger partial charge in [-0.2, -0.15) is 0 Å². The number of hydrogen-bond acceptors (Lipinski definition) is 2. The minimum Gasteiger partial charge on any atom is -0.496 e. The molecule has 2 aromatic rings. The lowest BCUT2D eigenvalue weighted by atomic mass is 9.99. The highest BCUT2D eigenvalue weighted by Gasteiger charge is 2.14. The number of aryl methyl sites for hydroxylation is 1. The van der Waals surface area contributed by atoms with Crippen molar-refractivity contribution in [3.8, 4) is 5.75 Å². The van der Waals surface area contributed by atoms with Crippen LogP contribution in [0.4, 0.5) is 0 Å². The first kappa shape index (κ1) is 13.6. The lowest BCUT2D eigenvalue weighted by Crippen LogP contribution is -2.06. The fourth-order valence-electron chi connectivity index (χ4n) is 1.97. The van der Waals surface area contributed by atoms with E-state index in [-0.39, 0.29) is 5.78 Å². The van der Waals surface area contributed by atoms with Crippen LogP contribution in [0.15, 0.2) is 42.5 Å². The van der Waals surface area contributed by atoms with E-state index < -0.39 is 0 Å². The van der Waals surface area contributed by atoms with Gasteiger partial charge in [0.25, 0.3) is 0 Å². The van der Waals surface area contributed by atoms with E-state index in [9.17, 15) is 4.79 Å². The molecule has 98 valence electrons. The van der Waals surface area contributed by atoms with Gasteiger partial charge in [-0.15, -0.1) is 0 Å². The average molecular weight is 275 g/mol. The lowest BCUT2D eigenvalue weighted by Gasteiger charge is -2.09. The van der Waals surface area contributed by atoms with E-state index in [0.29, 0.717) is 22.8 Å². The third-order valence-corrected chi connectivity index (χ3v) is 3.31. The molecule has 0 aliphatic heterocycles. The van der Waals surface area contributed by atoms with Gasteiger partial charge >= 0.3 is 0 Å². The first-order valence-electron chi connectivity index (χ1n) is 6.03. The molecule has 0 bridgehead atoms. The van der Waals surface area contributed by atoms with Gasteiger partial charge in [0.15, 0.2) is 5.78 Å². The molecule has 0 amide bonds. The van der Waals surface area contributed by atoms with E-state index in [4.69, 9.17) is 16.3 Å². The molecule has 2 aromatic carbocycles. The van der Waals surface area contributed by atoms with Gasteiger partial charge in [0.1, 0.15) is 5.75 Å². The van der Waals surface area contributed by atoms with Crippen molar-refractivity contribution in [3.63, 3.8) is 0 Å². The standard InChI is InChI=1S/C16H15ClO2/c1-11-5-3-4-6-12(11)9-15(18)14-10-13(17)7-8-16(14)19-2/h3-8,10H,9H2,1-2H3. The van der Waals surface area contributed by atoms with Crippen LogP contribution in [0.25, 0.3) is 0 Å². The molecule has 0 heterocycles. The monoisotopic (exact) mass is 274 g/mol. The van der Waals surface area contributed by atoms with E-state index >= 15 is 0 Å². The van der Waals surface area contributed by atoms with Gasteiger partial charge in [-0.1, -0.05) is 35.9 Å². The van der Waals surface area contributed by atoms with Crippen molar-refractivity contribution in [2.24, 2.45) is 0 Å². The number of methoxy groups -OCH3 is 1. The van der Waals surface area contributed by atoms with Crippen LogP contribution in [0.5, 0.6) is 5.75 Å². The molecule has 0 saturated heterocycles. The van der Waals surface area contributed by atoms with Crippen LogP contribution in [0.2, 0.25) is 5.02 Å². The fraction of sp³-hybridized carbons (Fsp3) is 0.188.